The molecule has 0 aliphatic rings. The minimum Gasteiger partial charge on any atom is -0.347 e. The van der Waals surface area contributed by atoms with Crippen molar-refractivity contribution in [1.82, 2.24) is 20.4 Å². The smallest absolute Gasteiger partial charge is 0.246 e. The molecule has 0 aliphatic carbocycles. The summed E-state index contributed by atoms with van der Waals surface area (Å²) in [6.07, 6.45) is 0. The van der Waals surface area contributed by atoms with Gasteiger partial charge in [0.15, 0.2) is 11.8 Å². The van der Waals surface area contributed by atoms with E-state index < -0.39 is 0 Å². The first-order valence-corrected chi connectivity index (χ1v) is 6.91. The van der Waals surface area contributed by atoms with Gasteiger partial charge in [0.1, 0.15) is 0 Å². The number of hydrogen-bond acceptors (Lipinski definition) is 4. The van der Waals surface area contributed by atoms with Gasteiger partial charge in [0.05, 0.1) is 6.54 Å². The average Bonchev–Trinajstić information content (AvgIpc) is 2.85. The van der Waals surface area contributed by atoms with Crippen LogP contribution in [0.1, 0.15) is 17.3 Å². The number of guanidine groups is 1. The van der Waals surface area contributed by atoms with E-state index in [4.69, 9.17) is 16.1 Å². The topological polar surface area (TPSA) is 66.5 Å². The van der Waals surface area contributed by atoms with Crippen LogP contribution in [0.3, 0.4) is 0 Å². The lowest BCUT2D eigenvalue weighted by atomic mass is 10.2. The first kappa shape index (κ1) is 15.3. The van der Waals surface area contributed by atoms with Crippen molar-refractivity contribution in [3.8, 4) is 0 Å². The summed E-state index contributed by atoms with van der Waals surface area (Å²) in [5.41, 5.74) is 1.11. The molecule has 0 spiro atoms. The highest BCUT2D eigenvalue weighted by Gasteiger charge is 2.09. The molecule has 1 aromatic carbocycles. The van der Waals surface area contributed by atoms with Crippen molar-refractivity contribution in [1.29, 1.82) is 0 Å². The van der Waals surface area contributed by atoms with Crippen LogP contribution < -0.4 is 5.32 Å². The summed E-state index contributed by atoms with van der Waals surface area (Å²) in [7, 11) is 3.69. The molecule has 0 radical (unpaired) electrons. The Labute approximate surface area is 128 Å². The van der Waals surface area contributed by atoms with Crippen molar-refractivity contribution < 1.29 is 4.52 Å². The molecule has 0 aliphatic heterocycles. The number of aryl methyl sites for hydroxylation is 1. The van der Waals surface area contributed by atoms with Crippen molar-refractivity contribution in [3.05, 3.63) is 46.6 Å². The fourth-order valence-electron chi connectivity index (χ4n) is 1.94. The number of halogens is 1. The Balaban J connectivity index is 1.94. The van der Waals surface area contributed by atoms with Crippen LogP contribution in [0.15, 0.2) is 33.8 Å². The van der Waals surface area contributed by atoms with Gasteiger partial charge in [-0.25, -0.2) is 0 Å². The highest BCUT2D eigenvalue weighted by Crippen LogP contribution is 2.12. The van der Waals surface area contributed by atoms with E-state index in [1.807, 2.05) is 36.2 Å². The molecule has 0 saturated heterocycles. The predicted molar refractivity (Wildman–Crippen MR) is 82.2 cm³/mol. The molecular formula is C14H18ClN5O. The van der Waals surface area contributed by atoms with Gasteiger partial charge in [-0.3, -0.25) is 4.99 Å². The van der Waals surface area contributed by atoms with Crippen molar-refractivity contribution in [2.45, 2.75) is 20.0 Å². The Morgan fingerprint density at radius 3 is 2.90 bits per heavy atom. The molecule has 2 aromatic rings. The Bertz CT molecular complexity index is 625. The van der Waals surface area contributed by atoms with Crippen LogP contribution in [-0.4, -0.2) is 35.1 Å². The third kappa shape index (κ3) is 4.46. The zero-order valence-corrected chi connectivity index (χ0v) is 13.1. The van der Waals surface area contributed by atoms with Gasteiger partial charge in [0.2, 0.25) is 5.89 Å². The van der Waals surface area contributed by atoms with E-state index in [0.717, 1.165) is 16.5 Å². The van der Waals surface area contributed by atoms with Gasteiger partial charge in [-0.15, -0.1) is 0 Å². The Morgan fingerprint density at radius 2 is 2.29 bits per heavy atom. The van der Waals surface area contributed by atoms with E-state index in [0.29, 0.717) is 24.8 Å². The van der Waals surface area contributed by atoms with Gasteiger partial charge in [-0.05, 0) is 24.6 Å². The zero-order chi connectivity index (χ0) is 15.2. The summed E-state index contributed by atoms with van der Waals surface area (Å²) in [5, 5.41) is 7.66. The summed E-state index contributed by atoms with van der Waals surface area (Å²) >= 11 is 5.99. The Hall–Kier alpha value is -2.08. The van der Waals surface area contributed by atoms with Crippen LogP contribution in [-0.2, 0) is 13.1 Å². The molecule has 0 amide bonds. The van der Waals surface area contributed by atoms with E-state index in [1.165, 1.54) is 0 Å². The molecule has 0 saturated carbocycles. The lowest BCUT2D eigenvalue weighted by molar-refractivity contribution is 0.368. The number of nitrogens with one attached hydrogen (secondary N) is 1. The fourth-order valence-corrected chi connectivity index (χ4v) is 2.15. The molecule has 6 nitrogen and oxygen atoms in total. The second kappa shape index (κ2) is 7.08. The van der Waals surface area contributed by atoms with Gasteiger partial charge < -0.3 is 14.7 Å². The molecule has 21 heavy (non-hydrogen) atoms. The van der Waals surface area contributed by atoms with Crippen molar-refractivity contribution in [2.24, 2.45) is 4.99 Å². The van der Waals surface area contributed by atoms with Crippen LogP contribution in [0.2, 0.25) is 5.02 Å². The third-order valence-electron chi connectivity index (χ3n) is 2.85. The van der Waals surface area contributed by atoms with E-state index in [2.05, 4.69) is 20.4 Å². The number of nitrogens with zero attached hydrogens (tertiary/aromatic N) is 4. The quantitative estimate of drug-likeness (QED) is 0.693. The second-order valence-corrected chi connectivity index (χ2v) is 5.06. The highest BCUT2D eigenvalue weighted by atomic mass is 35.5. The van der Waals surface area contributed by atoms with Crippen molar-refractivity contribution in [3.63, 3.8) is 0 Å². The first-order valence-electron chi connectivity index (χ1n) is 6.54. The van der Waals surface area contributed by atoms with Gasteiger partial charge in [0, 0.05) is 25.7 Å². The summed E-state index contributed by atoms with van der Waals surface area (Å²) in [6.45, 7) is 2.92. The van der Waals surface area contributed by atoms with E-state index in [9.17, 15) is 0 Å². The molecule has 2 rings (SSSR count). The van der Waals surface area contributed by atoms with Gasteiger partial charge in [-0.2, -0.15) is 4.98 Å². The molecule has 1 N–H and O–H groups in total. The number of benzene rings is 1. The number of rotatable bonds is 4. The monoisotopic (exact) mass is 307 g/mol. The van der Waals surface area contributed by atoms with E-state index >= 15 is 0 Å². The minimum absolute atomic E-state index is 0.438. The maximum atomic E-state index is 5.99. The summed E-state index contributed by atoms with van der Waals surface area (Å²) in [4.78, 5) is 10.4. The molecule has 0 unspecified atom stereocenters. The summed E-state index contributed by atoms with van der Waals surface area (Å²) in [6, 6.07) is 7.75. The fraction of sp³-hybridized carbons (Fsp3) is 0.357. The molecule has 0 atom stereocenters. The molecule has 0 fully saturated rings. The molecular weight excluding hydrogens is 290 g/mol. The zero-order valence-electron chi connectivity index (χ0n) is 12.3. The summed E-state index contributed by atoms with van der Waals surface area (Å²) in [5.74, 6) is 1.89. The number of aliphatic imine (C=N–C) groups is 1. The normalized spacial score (nSPS) is 11.5. The van der Waals surface area contributed by atoms with Crippen LogP contribution >= 0.6 is 11.6 Å². The third-order valence-corrected chi connectivity index (χ3v) is 3.08. The molecule has 7 heteroatoms. The second-order valence-electron chi connectivity index (χ2n) is 4.62. The van der Waals surface area contributed by atoms with Gasteiger partial charge in [0.25, 0.3) is 0 Å². The maximum absolute atomic E-state index is 5.99. The molecule has 0 bridgehead atoms. The Kier molecular flexibility index (Phi) is 5.16. The molecule has 112 valence electrons. The molecule has 1 aromatic heterocycles. The minimum atomic E-state index is 0.438. The number of hydrogen-bond donors (Lipinski definition) is 1. The Morgan fingerprint density at radius 1 is 1.48 bits per heavy atom. The summed E-state index contributed by atoms with van der Waals surface area (Å²) < 4.78 is 5.06. The average molecular weight is 308 g/mol. The van der Waals surface area contributed by atoms with Crippen LogP contribution in [0.5, 0.6) is 0 Å². The highest BCUT2D eigenvalue weighted by molar-refractivity contribution is 6.30. The SMILES string of the molecule is CN=C(NCc1nc(C)no1)N(C)Cc1cccc(Cl)c1. The standard InChI is InChI=1S/C14H18ClN5O/c1-10-18-13(21-19-10)8-17-14(16-2)20(3)9-11-5-4-6-12(15)7-11/h4-7H,8-9H2,1-3H3,(H,16,17). The van der Waals surface area contributed by atoms with Gasteiger partial charge in [-0.1, -0.05) is 28.9 Å². The predicted octanol–water partition coefficient (Wildman–Crippen LogP) is 2.24. The maximum Gasteiger partial charge on any atom is 0.246 e. The van der Waals surface area contributed by atoms with E-state index in [1.54, 1.807) is 14.0 Å². The van der Waals surface area contributed by atoms with Crippen molar-refractivity contribution >= 4 is 17.6 Å². The lowest BCUT2D eigenvalue weighted by Gasteiger charge is -2.21. The van der Waals surface area contributed by atoms with E-state index in [-0.39, 0.29) is 0 Å². The first-order chi connectivity index (χ1) is 10.1. The molecule has 1 heterocycles. The van der Waals surface area contributed by atoms with Gasteiger partial charge >= 0.3 is 0 Å². The van der Waals surface area contributed by atoms with Crippen LogP contribution in [0.4, 0.5) is 0 Å². The van der Waals surface area contributed by atoms with Crippen LogP contribution in [0.25, 0.3) is 0 Å². The largest absolute Gasteiger partial charge is 0.347 e. The van der Waals surface area contributed by atoms with Crippen LogP contribution in [0, 0.1) is 6.92 Å². The lowest BCUT2D eigenvalue weighted by Crippen LogP contribution is -2.38. The number of aromatic nitrogens is 2. The van der Waals surface area contributed by atoms with Crippen molar-refractivity contribution in [2.75, 3.05) is 14.1 Å².